The molecule has 4 nitrogen and oxygen atoms in total. The van der Waals surface area contributed by atoms with Crippen molar-refractivity contribution in [2.45, 2.75) is 11.8 Å². The fourth-order valence-corrected chi connectivity index (χ4v) is 1.07. The summed E-state index contributed by atoms with van der Waals surface area (Å²) in [6.07, 6.45) is 1.22. The fraction of sp³-hybridized carbons (Fsp3) is 0.143. The van der Waals surface area contributed by atoms with Crippen molar-refractivity contribution in [2.75, 3.05) is 0 Å². The third-order valence-electron chi connectivity index (χ3n) is 1.37. The van der Waals surface area contributed by atoms with Crippen molar-refractivity contribution in [1.82, 2.24) is 4.98 Å². The largest absolute Gasteiger partial charge is 1.00 e. The second-order valence-electron chi connectivity index (χ2n) is 2.15. The van der Waals surface area contributed by atoms with E-state index in [0.29, 0.717) is 5.69 Å². The average Bonchev–Trinajstić information content (AvgIpc) is 2.05. The molecule has 1 atom stereocenters. The van der Waals surface area contributed by atoms with Crippen LogP contribution in [0.5, 0.6) is 0 Å². The zero-order valence-electron chi connectivity index (χ0n) is 7.27. The number of hydrogen-bond acceptors (Lipinski definition) is 4. The van der Waals surface area contributed by atoms with Crippen LogP contribution < -0.4 is 29.6 Å². The summed E-state index contributed by atoms with van der Waals surface area (Å²) < 4.78 is 20.9. The van der Waals surface area contributed by atoms with Crippen LogP contribution in [0.2, 0.25) is 0 Å². The fourth-order valence-electron chi connectivity index (χ4n) is 0.718. The standard InChI is InChI=1S/C7H6N2O2S.Na/c1-5-6(3-8)2-7(4-9-5)12(10)11;/h2,4H,1H3,(H,10,11);/q;+1/p-1. The summed E-state index contributed by atoms with van der Waals surface area (Å²) in [5, 5.41) is 8.53. The van der Waals surface area contributed by atoms with Gasteiger partial charge >= 0.3 is 29.6 Å². The summed E-state index contributed by atoms with van der Waals surface area (Å²) in [7, 11) is 0. The Morgan fingerprint density at radius 3 is 2.77 bits per heavy atom. The number of aromatic nitrogens is 1. The molecule has 0 aromatic carbocycles. The van der Waals surface area contributed by atoms with Gasteiger partial charge in [0.25, 0.3) is 0 Å². The average molecular weight is 204 g/mol. The molecule has 62 valence electrons. The Morgan fingerprint density at radius 1 is 1.69 bits per heavy atom. The molecule has 0 saturated carbocycles. The van der Waals surface area contributed by atoms with Crippen molar-refractivity contribution in [3.8, 4) is 6.07 Å². The zero-order valence-corrected chi connectivity index (χ0v) is 10.1. The van der Waals surface area contributed by atoms with E-state index >= 15 is 0 Å². The third kappa shape index (κ3) is 3.18. The molecule has 0 aliphatic rings. The van der Waals surface area contributed by atoms with E-state index in [1.54, 1.807) is 6.92 Å². The number of aryl methyl sites for hydroxylation is 1. The molecule has 0 radical (unpaired) electrons. The molecule has 0 bridgehead atoms. The van der Waals surface area contributed by atoms with Crippen LogP contribution in [0.15, 0.2) is 17.2 Å². The molecule has 0 spiro atoms. The van der Waals surface area contributed by atoms with Crippen LogP contribution in [0, 0.1) is 18.3 Å². The van der Waals surface area contributed by atoms with Crippen LogP contribution in [0.4, 0.5) is 0 Å². The first-order chi connectivity index (χ1) is 5.65. The van der Waals surface area contributed by atoms with E-state index in [9.17, 15) is 8.76 Å². The topological polar surface area (TPSA) is 76.8 Å². The maximum Gasteiger partial charge on any atom is 1.00 e. The van der Waals surface area contributed by atoms with Crippen LogP contribution in [0.25, 0.3) is 0 Å². The Kier molecular flexibility index (Phi) is 5.37. The maximum atomic E-state index is 10.4. The van der Waals surface area contributed by atoms with Gasteiger partial charge in [-0.3, -0.25) is 9.19 Å². The maximum absolute atomic E-state index is 10.4. The molecular weight excluding hydrogens is 199 g/mol. The Morgan fingerprint density at radius 2 is 2.31 bits per heavy atom. The molecular formula is C7H5N2NaO2S. The first-order valence-corrected chi connectivity index (χ1v) is 4.18. The molecule has 1 aromatic heterocycles. The molecule has 0 fully saturated rings. The Balaban J connectivity index is 0.00000144. The Hall–Kier alpha value is -0.250. The van der Waals surface area contributed by atoms with E-state index in [0.717, 1.165) is 0 Å². The number of pyridine rings is 1. The van der Waals surface area contributed by atoms with E-state index in [4.69, 9.17) is 5.26 Å². The molecule has 13 heavy (non-hydrogen) atoms. The quantitative estimate of drug-likeness (QED) is 0.374. The van der Waals surface area contributed by atoms with Gasteiger partial charge in [0.05, 0.1) is 11.3 Å². The van der Waals surface area contributed by atoms with Crippen LogP contribution in [-0.4, -0.2) is 13.7 Å². The van der Waals surface area contributed by atoms with Crippen molar-refractivity contribution in [2.24, 2.45) is 0 Å². The molecule has 0 aliphatic carbocycles. The molecule has 0 amide bonds. The van der Waals surface area contributed by atoms with Crippen LogP contribution in [0.1, 0.15) is 11.3 Å². The van der Waals surface area contributed by atoms with Crippen molar-refractivity contribution in [3.63, 3.8) is 0 Å². The number of nitrogens with zero attached hydrogens (tertiary/aromatic N) is 2. The minimum atomic E-state index is -2.31. The predicted molar refractivity (Wildman–Crippen MR) is 40.9 cm³/mol. The minimum Gasteiger partial charge on any atom is -0.768 e. The van der Waals surface area contributed by atoms with Gasteiger partial charge in [-0.2, -0.15) is 5.26 Å². The first kappa shape index (κ1) is 12.8. The Labute approximate surface area is 101 Å². The van der Waals surface area contributed by atoms with Crippen molar-refractivity contribution >= 4 is 11.1 Å². The summed E-state index contributed by atoms with van der Waals surface area (Å²) in [4.78, 5) is 3.79. The number of rotatable bonds is 1. The zero-order chi connectivity index (χ0) is 9.14. The number of hydrogen-bond donors (Lipinski definition) is 0. The summed E-state index contributed by atoms with van der Waals surface area (Å²) >= 11 is -2.31. The minimum absolute atomic E-state index is 0. The van der Waals surface area contributed by atoms with Crippen molar-refractivity contribution in [3.05, 3.63) is 23.5 Å². The summed E-state index contributed by atoms with van der Waals surface area (Å²) in [5.41, 5.74) is 0.823. The van der Waals surface area contributed by atoms with Crippen molar-refractivity contribution < 1.29 is 38.3 Å². The summed E-state index contributed by atoms with van der Waals surface area (Å²) in [6, 6.07) is 3.15. The second kappa shape index (κ2) is 5.47. The SMILES string of the molecule is Cc1ncc(S(=O)[O-])cc1C#N.[Na+]. The predicted octanol–water partition coefficient (Wildman–Crippen LogP) is -2.50. The molecule has 0 N–H and O–H groups in total. The van der Waals surface area contributed by atoms with E-state index in [-0.39, 0.29) is 40.0 Å². The molecule has 1 unspecified atom stereocenters. The molecule has 6 heteroatoms. The number of nitriles is 1. The van der Waals surface area contributed by atoms with E-state index in [1.807, 2.05) is 6.07 Å². The Bertz CT molecular complexity index is 375. The van der Waals surface area contributed by atoms with E-state index in [1.165, 1.54) is 12.3 Å². The molecule has 1 heterocycles. The molecule has 1 rings (SSSR count). The van der Waals surface area contributed by atoms with Gasteiger partial charge in [-0.1, -0.05) is 0 Å². The monoisotopic (exact) mass is 204 g/mol. The molecule has 1 aromatic rings. The van der Waals surface area contributed by atoms with Crippen LogP contribution >= 0.6 is 0 Å². The second-order valence-corrected chi connectivity index (χ2v) is 3.09. The molecule has 0 saturated heterocycles. The summed E-state index contributed by atoms with van der Waals surface area (Å²) in [6.45, 7) is 1.65. The van der Waals surface area contributed by atoms with Crippen LogP contribution in [0.3, 0.4) is 0 Å². The van der Waals surface area contributed by atoms with Gasteiger partial charge in [0, 0.05) is 11.1 Å². The first-order valence-electron chi connectivity index (χ1n) is 3.11. The van der Waals surface area contributed by atoms with Gasteiger partial charge in [-0.15, -0.1) is 0 Å². The van der Waals surface area contributed by atoms with Crippen molar-refractivity contribution in [1.29, 1.82) is 5.26 Å². The van der Waals surface area contributed by atoms with Gasteiger partial charge in [-0.05, 0) is 24.1 Å². The van der Waals surface area contributed by atoms with E-state index < -0.39 is 11.1 Å². The molecule has 0 aliphatic heterocycles. The van der Waals surface area contributed by atoms with E-state index in [2.05, 4.69) is 4.98 Å². The van der Waals surface area contributed by atoms with Gasteiger partial charge in [0.1, 0.15) is 6.07 Å². The summed E-state index contributed by atoms with van der Waals surface area (Å²) in [5.74, 6) is 0. The normalized spacial score (nSPS) is 11.2. The van der Waals surface area contributed by atoms with Crippen LogP contribution in [-0.2, 0) is 11.1 Å². The van der Waals surface area contributed by atoms with Gasteiger partial charge in [-0.25, -0.2) is 0 Å². The van der Waals surface area contributed by atoms with Gasteiger partial charge in [0.15, 0.2) is 0 Å². The smallest absolute Gasteiger partial charge is 0.768 e. The third-order valence-corrected chi connectivity index (χ3v) is 1.98. The van der Waals surface area contributed by atoms with Gasteiger partial charge in [0.2, 0.25) is 0 Å². The van der Waals surface area contributed by atoms with Gasteiger partial charge < -0.3 is 4.55 Å².